The van der Waals surface area contributed by atoms with E-state index in [4.69, 9.17) is 9.15 Å². The first kappa shape index (κ1) is 22.4. The van der Waals surface area contributed by atoms with Crippen molar-refractivity contribution in [3.63, 3.8) is 0 Å². The molecular formula is C32H31N2O2+. The Morgan fingerprint density at radius 1 is 0.861 bits per heavy atom. The zero-order valence-electron chi connectivity index (χ0n) is 21.5. The van der Waals surface area contributed by atoms with Crippen molar-refractivity contribution in [1.29, 1.82) is 0 Å². The smallest absolute Gasteiger partial charge is 0.249 e. The van der Waals surface area contributed by atoms with Crippen molar-refractivity contribution >= 4 is 28.2 Å². The Hall–Kier alpha value is -4.05. The van der Waals surface area contributed by atoms with E-state index in [0.29, 0.717) is 5.88 Å². The number of anilines is 3. The lowest BCUT2D eigenvalue weighted by Crippen LogP contribution is -2.32. The summed E-state index contributed by atoms with van der Waals surface area (Å²) in [6.07, 6.45) is 3.27. The predicted molar refractivity (Wildman–Crippen MR) is 145 cm³/mol. The monoisotopic (exact) mass is 475 g/mol. The molecule has 0 spiro atoms. The zero-order valence-corrected chi connectivity index (χ0v) is 21.5. The van der Waals surface area contributed by atoms with Gasteiger partial charge in [-0.1, -0.05) is 57.2 Å². The van der Waals surface area contributed by atoms with Crippen LogP contribution in [0.3, 0.4) is 0 Å². The van der Waals surface area contributed by atoms with Gasteiger partial charge in [-0.3, -0.25) is 4.90 Å². The molecule has 36 heavy (non-hydrogen) atoms. The summed E-state index contributed by atoms with van der Waals surface area (Å²) in [5.41, 5.74) is 7.76. The van der Waals surface area contributed by atoms with Crippen LogP contribution in [0.2, 0.25) is 0 Å². The number of furan rings is 1. The molecule has 3 heterocycles. The molecule has 0 saturated carbocycles. The van der Waals surface area contributed by atoms with Gasteiger partial charge in [0.15, 0.2) is 23.3 Å². The highest BCUT2D eigenvalue weighted by Crippen LogP contribution is 2.55. The van der Waals surface area contributed by atoms with Gasteiger partial charge in [0.2, 0.25) is 11.6 Å². The fraction of sp³-hybridized carbons (Fsp3) is 0.219. The van der Waals surface area contributed by atoms with Gasteiger partial charge in [-0.05, 0) is 60.7 Å². The quantitative estimate of drug-likeness (QED) is 0.241. The van der Waals surface area contributed by atoms with Crippen LogP contribution in [-0.2, 0) is 13.5 Å². The van der Waals surface area contributed by atoms with Crippen molar-refractivity contribution in [3.8, 4) is 22.8 Å². The van der Waals surface area contributed by atoms with Gasteiger partial charge in [-0.15, -0.1) is 0 Å². The number of nitrogens with zero attached hydrogens (tertiary/aromatic N) is 2. The first-order chi connectivity index (χ1) is 17.3. The molecule has 3 aromatic carbocycles. The molecule has 0 N–H and O–H groups in total. The van der Waals surface area contributed by atoms with Crippen molar-refractivity contribution in [2.45, 2.75) is 34.1 Å². The number of benzene rings is 3. The minimum absolute atomic E-state index is 0.234. The minimum atomic E-state index is 0.234. The number of rotatable bonds is 3. The number of aryl methyl sites for hydroxylation is 2. The van der Waals surface area contributed by atoms with E-state index in [1.165, 1.54) is 5.56 Å². The zero-order chi connectivity index (χ0) is 25.0. The number of pyridine rings is 1. The average molecular weight is 476 g/mol. The van der Waals surface area contributed by atoms with E-state index in [9.17, 15) is 0 Å². The topological polar surface area (TPSA) is 29.5 Å². The van der Waals surface area contributed by atoms with E-state index in [1.54, 1.807) is 0 Å². The van der Waals surface area contributed by atoms with E-state index in [0.717, 1.165) is 57.1 Å². The Labute approximate surface area is 212 Å². The molecule has 2 aromatic heterocycles. The molecule has 0 unspecified atom stereocenters. The standard InChI is InChI=1S/C32H31N2O2/c1-21-15-17-24-29(28(21)26-18-16-22(20-33(26)5)19-32(2,3)4)36-31-30(24)35-27-14-10-9-13-25(27)34(31)23-11-7-6-8-12-23/h6-18,20H,19H2,1-5H3/q+1. The van der Waals surface area contributed by atoms with Gasteiger partial charge in [0.25, 0.3) is 0 Å². The molecule has 5 aromatic rings. The van der Waals surface area contributed by atoms with Crippen molar-refractivity contribution in [2.24, 2.45) is 12.5 Å². The molecule has 1 aliphatic rings. The summed E-state index contributed by atoms with van der Waals surface area (Å²) < 4.78 is 15.4. The highest BCUT2D eigenvalue weighted by molar-refractivity contribution is 6.02. The van der Waals surface area contributed by atoms with Gasteiger partial charge in [0.1, 0.15) is 7.05 Å². The third-order valence-corrected chi connectivity index (χ3v) is 6.72. The summed E-state index contributed by atoms with van der Waals surface area (Å²) in [7, 11) is 2.12. The molecular weight excluding hydrogens is 444 g/mol. The maximum absolute atomic E-state index is 6.73. The summed E-state index contributed by atoms with van der Waals surface area (Å²) in [6.45, 7) is 8.96. The third-order valence-electron chi connectivity index (χ3n) is 6.72. The van der Waals surface area contributed by atoms with Gasteiger partial charge < -0.3 is 9.15 Å². The number of hydrogen-bond donors (Lipinski definition) is 0. The van der Waals surface area contributed by atoms with Crippen molar-refractivity contribution in [1.82, 2.24) is 0 Å². The van der Waals surface area contributed by atoms with Crippen molar-refractivity contribution in [2.75, 3.05) is 4.90 Å². The highest BCUT2D eigenvalue weighted by atomic mass is 16.5. The van der Waals surface area contributed by atoms with Gasteiger partial charge in [-0.2, -0.15) is 0 Å². The second-order valence-corrected chi connectivity index (χ2v) is 10.9. The SMILES string of the molecule is Cc1ccc2c3c(oc2c1-c1ccc(CC(C)(C)C)c[n+]1C)N(c1ccccc1)c1ccccc1O3. The van der Waals surface area contributed by atoms with E-state index in [2.05, 4.69) is 92.9 Å². The van der Waals surface area contributed by atoms with E-state index in [1.807, 2.05) is 36.4 Å². The lowest BCUT2D eigenvalue weighted by Gasteiger charge is -2.29. The van der Waals surface area contributed by atoms with Crippen LogP contribution in [0.25, 0.3) is 22.2 Å². The predicted octanol–water partition coefficient (Wildman–Crippen LogP) is 8.40. The van der Waals surface area contributed by atoms with E-state index < -0.39 is 0 Å². The summed E-state index contributed by atoms with van der Waals surface area (Å²) >= 11 is 0. The number of ether oxygens (including phenoxy) is 1. The molecule has 0 saturated heterocycles. The van der Waals surface area contributed by atoms with Gasteiger partial charge in [0.05, 0.1) is 16.6 Å². The van der Waals surface area contributed by atoms with E-state index >= 15 is 0 Å². The Morgan fingerprint density at radius 3 is 2.36 bits per heavy atom. The van der Waals surface area contributed by atoms with Gasteiger partial charge in [0, 0.05) is 17.3 Å². The lowest BCUT2D eigenvalue weighted by atomic mass is 9.88. The van der Waals surface area contributed by atoms with Gasteiger partial charge >= 0.3 is 0 Å². The van der Waals surface area contributed by atoms with Crippen LogP contribution < -0.4 is 14.2 Å². The molecule has 0 amide bonds. The highest BCUT2D eigenvalue weighted by Gasteiger charge is 2.33. The number of para-hydroxylation sites is 3. The molecule has 0 atom stereocenters. The summed E-state index contributed by atoms with van der Waals surface area (Å²) in [5.74, 6) is 2.27. The maximum Gasteiger partial charge on any atom is 0.249 e. The second-order valence-electron chi connectivity index (χ2n) is 10.9. The summed E-state index contributed by atoms with van der Waals surface area (Å²) in [4.78, 5) is 2.15. The fourth-order valence-electron chi connectivity index (χ4n) is 5.21. The van der Waals surface area contributed by atoms with Crippen molar-refractivity contribution in [3.05, 3.63) is 96.2 Å². The Bertz CT molecular complexity index is 1590. The van der Waals surface area contributed by atoms with Crippen LogP contribution in [0.1, 0.15) is 31.9 Å². The molecule has 6 rings (SSSR count). The summed E-state index contributed by atoms with van der Waals surface area (Å²) in [5, 5.41) is 0.972. The first-order valence-electron chi connectivity index (χ1n) is 12.5. The van der Waals surface area contributed by atoms with E-state index in [-0.39, 0.29) is 5.41 Å². The molecule has 1 aliphatic heterocycles. The van der Waals surface area contributed by atoms with Crippen LogP contribution in [-0.4, -0.2) is 0 Å². The molecule has 0 radical (unpaired) electrons. The van der Waals surface area contributed by atoms with Crippen LogP contribution in [0.15, 0.2) is 89.5 Å². The molecule has 0 fully saturated rings. The Balaban J connectivity index is 1.56. The van der Waals surface area contributed by atoms with Crippen LogP contribution in [0.5, 0.6) is 11.5 Å². The first-order valence-corrected chi connectivity index (χ1v) is 12.5. The van der Waals surface area contributed by atoms with Crippen LogP contribution >= 0.6 is 0 Å². The number of aromatic nitrogens is 1. The number of fused-ring (bicyclic) bond motifs is 4. The lowest BCUT2D eigenvalue weighted by molar-refractivity contribution is -0.660. The van der Waals surface area contributed by atoms with Gasteiger partial charge in [-0.25, -0.2) is 4.57 Å². The molecule has 4 heteroatoms. The van der Waals surface area contributed by atoms with Crippen molar-refractivity contribution < 1.29 is 13.7 Å². The molecule has 180 valence electrons. The minimum Gasteiger partial charge on any atom is -0.449 e. The number of hydrogen-bond acceptors (Lipinski definition) is 3. The summed E-state index contributed by atoms with van der Waals surface area (Å²) in [6, 6.07) is 27.2. The molecule has 0 bridgehead atoms. The average Bonchev–Trinajstić information content (AvgIpc) is 3.20. The second kappa shape index (κ2) is 8.27. The molecule has 0 aliphatic carbocycles. The Morgan fingerprint density at radius 2 is 1.61 bits per heavy atom. The maximum atomic E-state index is 6.73. The van der Waals surface area contributed by atoms with Crippen LogP contribution in [0, 0.1) is 12.3 Å². The fourth-order valence-corrected chi connectivity index (χ4v) is 5.21. The van der Waals surface area contributed by atoms with Crippen LogP contribution in [0.4, 0.5) is 17.3 Å². The Kier molecular flexibility index (Phi) is 5.15. The molecule has 4 nitrogen and oxygen atoms in total. The third kappa shape index (κ3) is 3.74. The largest absolute Gasteiger partial charge is 0.449 e. The normalized spacial score (nSPS) is 12.9.